The number of benzene rings is 1. The van der Waals surface area contributed by atoms with E-state index in [9.17, 15) is 13.2 Å². The van der Waals surface area contributed by atoms with Gasteiger partial charge in [0.15, 0.2) is 0 Å². The average Bonchev–Trinajstić information content (AvgIpc) is 2.84. The first-order valence-electron chi connectivity index (χ1n) is 10.1. The fourth-order valence-electron chi connectivity index (χ4n) is 4.10. The van der Waals surface area contributed by atoms with E-state index < -0.39 is 10.0 Å². The zero-order valence-corrected chi connectivity index (χ0v) is 17.0. The summed E-state index contributed by atoms with van der Waals surface area (Å²) in [6.45, 7) is 5.14. The Bertz CT molecular complexity index is 756. The van der Waals surface area contributed by atoms with E-state index in [0.29, 0.717) is 6.54 Å². The molecule has 1 amide bonds. The Morgan fingerprint density at radius 3 is 2.63 bits per heavy atom. The highest BCUT2D eigenvalue weighted by molar-refractivity contribution is 7.89. The van der Waals surface area contributed by atoms with Crippen molar-refractivity contribution in [2.45, 2.75) is 62.8 Å². The van der Waals surface area contributed by atoms with Crippen LogP contribution in [0.25, 0.3) is 0 Å². The normalized spacial score (nSPS) is 20.9. The minimum absolute atomic E-state index is 0.0873. The summed E-state index contributed by atoms with van der Waals surface area (Å²) >= 11 is 0. The largest absolute Gasteiger partial charge is 0.350 e. The van der Waals surface area contributed by atoms with Crippen LogP contribution in [0, 0.1) is 0 Å². The lowest BCUT2D eigenvalue weighted by Gasteiger charge is -2.19. The number of rotatable bonds is 7. The van der Waals surface area contributed by atoms with E-state index in [-0.39, 0.29) is 16.8 Å². The molecular formula is C20H31N3O3S. The number of carbonyl (C=O) groups excluding carboxylic acids is 1. The van der Waals surface area contributed by atoms with Gasteiger partial charge in [0.2, 0.25) is 15.9 Å². The van der Waals surface area contributed by atoms with E-state index in [1.165, 1.54) is 32.6 Å². The highest BCUT2D eigenvalue weighted by Crippen LogP contribution is 2.32. The van der Waals surface area contributed by atoms with Crippen LogP contribution in [0.4, 0.5) is 0 Å². The zero-order valence-electron chi connectivity index (χ0n) is 16.2. The molecule has 0 radical (unpaired) electrons. The molecule has 2 N–H and O–H groups in total. The van der Waals surface area contributed by atoms with Gasteiger partial charge in [-0.05, 0) is 75.0 Å². The molecule has 2 aliphatic rings. The number of carbonyl (C=O) groups is 1. The van der Waals surface area contributed by atoms with Crippen LogP contribution in [0.5, 0.6) is 0 Å². The van der Waals surface area contributed by atoms with Gasteiger partial charge in [-0.15, -0.1) is 0 Å². The molecule has 1 fully saturated rings. The number of hydrogen-bond acceptors (Lipinski definition) is 4. The smallest absolute Gasteiger partial charge is 0.240 e. The molecule has 1 saturated heterocycles. The number of fused-ring (bicyclic) bond motifs is 1. The van der Waals surface area contributed by atoms with E-state index in [1.807, 2.05) is 6.07 Å². The summed E-state index contributed by atoms with van der Waals surface area (Å²) in [4.78, 5) is 14.1. The molecule has 0 aromatic heterocycles. The minimum atomic E-state index is -3.53. The van der Waals surface area contributed by atoms with E-state index in [0.717, 1.165) is 50.0 Å². The Kier molecular flexibility index (Phi) is 6.89. The maximum atomic E-state index is 12.7. The van der Waals surface area contributed by atoms with Crippen LogP contribution < -0.4 is 10.0 Å². The third-order valence-corrected chi connectivity index (χ3v) is 6.98. The highest BCUT2D eigenvalue weighted by atomic mass is 32.2. The SMILES string of the molecule is CC(=O)N[C@@H]1CCc2ccc(S(=O)(=O)NCCCN3CCCCCC3)cc21. The van der Waals surface area contributed by atoms with Crippen LogP contribution >= 0.6 is 0 Å². The Balaban J connectivity index is 1.56. The van der Waals surface area contributed by atoms with Gasteiger partial charge in [-0.3, -0.25) is 4.79 Å². The van der Waals surface area contributed by atoms with Crippen molar-refractivity contribution in [1.29, 1.82) is 0 Å². The second-order valence-electron chi connectivity index (χ2n) is 7.66. The fourth-order valence-corrected chi connectivity index (χ4v) is 5.20. The molecule has 0 spiro atoms. The monoisotopic (exact) mass is 393 g/mol. The molecule has 1 aliphatic carbocycles. The van der Waals surface area contributed by atoms with Gasteiger partial charge in [0.1, 0.15) is 0 Å². The second-order valence-corrected chi connectivity index (χ2v) is 9.43. The van der Waals surface area contributed by atoms with Crippen LogP contribution in [-0.4, -0.2) is 45.4 Å². The summed E-state index contributed by atoms with van der Waals surface area (Å²) in [5.74, 6) is -0.0900. The number of hydrogen-bond donors (Lipinski definition) is 2. The van der Waals surface area contributed by atoms with Crippen LogP contribution in [-0.2, 0) is 21.2 Å². The molecule has 3 rings (SSSR count). The molecule has 1 aromatic carbocycles. The van der Waals surface area contributed by atoms with Gasteiger partial charge in [0, 0.05) is 13.5 Å². The van der Waals surface area contributed by atoms with E-state index in [1.54, 1.807) is 12.1 Å². The van der Waals surface area contributed by atoms with Gasteiger partial charge in [-0.1, -0.05) is 18.9 Å². The number of aryl methyl sites for hydroxylation is 1. The molecule has 1 aliphatic heterocycles. The molecule has 150 valence electrons. The van der Waals surface area contributed by atoms with Crippen molar-refractivity contribution in [3.8, 4) is 0 Å². The van der Waals surface area contributed by atoms with Gasteiger partial charge in [-0.25, -0.2) is 13.1 Å². The maximum Gasteiger partial charge on any atom is 0.240 e. The van der Waals surface area contributed by atoms with Crippen LogP contribution in [0.15, 0.2) is 23.1 Å². The Morgan fingerprint density at radius 2 is 1.93 bits per heavy atom. The number of amides is 1. The quantitative estimate of drug-likeness (QED) is 0.697. The van der Waals surface area contributed by atoms with Gasteiger partial charge in [0.05, 0.1) is 10.9 Å². The standard InChI is InChI=1S/C20H31N3O3S/c1-16(24)22-20-10-8-17-7-9-18(15-19(17)20)27(25,26)21-11-6-14-23-12-4-2-3-5-13-23/h7,9,15,20-21H,2-6,8,10-14H2,1H3,(H,22,24)/t20-/m1/s1. The molecule has 1 aromatic rings. The lowest BCUT2D eigenvalue weighted by Crippen LogP contribution is -2.31. The Hall–Kier alpha value is -1.44. The molecule has 27 heavy (non-hydrogen) atoms. The van der Waals surface area contributed by atoms with Crippen molar-refractivity contribution in [1.82, 2.24) is 14.9 Å². The Morgan fingerprint density at radius 1 is 1.19 bits per heavy atom. The van der Waals surface area contributed by atoms with Gasteiger partial charge in [0.25, 0.3) is 0 Å². The number of sulfonamides is 1. The summed E-state index contributed by atoms with van der Waals surface area (Å²) < 4.78 is 28.0. The molecule has 6 nitrogen and oxygen atoms in total. The fraction of sp³-hybridized carbons (Fsp3) is 0.650. The molecule has 1 atom stereocenters. The lowest BCUT2D eigenvalue weighted by atomic mass is 10.1. The third-order valence-electron chi connectivity index (χ3n) is 5.52. The third kappa shape index (κ3) is 5.53. The predicted octanol–water partition coefficient (Wildman–Crippen LogP) is 2.35. The van der Waals surface area contributed by atoms with Crippen LogP contribution in [0.1, 0.15) is 62.6 Å². The first-order valence-corrected chi connectivity index (χ1v) is 11.6. The van der Waals surface area contributed by atoms with Crippen molar-refractivity contribution < 1.29 is 13.2 Å². The zero-order chi connectivity index (χ0) is 19.3. The van der Waals surface area contributed by atoms with Crippen LogP contribution in [0.3, 0.4) is 0 Å². The van der Waals surface area contributed by atoms with Crippen molar-refractivity contribution in [3.63, 3.8) is 0 Å². The lowest BCUT2D eigenvalue weighted by molar-refractivity contribution is -0.119. The predicted molar refractivity (Wildman–Crippen MR) is 106 cm³/mol. The number of nitrogens with one attached hydrogen (secondary N) is 2. The van der Waals surface area contributed by atoms with E-state index >= 15 is 0 Å². The Labute approximate surface area is 162 Å². The summed E-state index contributed by atoms with van der Waals surface area (Å²) in [6.07, 6.45) is 7.61. The minimum Gasteiger partial charge on any atom is -0.350 e. The summed E-state index contributed by atoms with van der Waals surface area (Å²) in [5.41, 5.74) is 2.05. The highest BCUT2D eigenvalue weighted by Gasteiger charge is 2.25. The second kappa shape index (κ2) is 9.17. The van der Waals surface area contributed by atoms with E-state index in [4.69, 9.17) is 0 Å². The van der Waals surface area contributed by atoms with Crippen molar-refractivity contribution in [3.05, 3.63) is 29.3 Å². The molecule has 0 saturated carbocycles. The van der Waals surface area contributed by atoms with Crippen LogP contribution in [0.2, 0.25) is 0 Å². The van der Waals surface area contributed by atoms with Crippen molar-refractivity contribution in [2.75, 3.05) is 26.2 Å². The number of likely N-dealkylation sites (tertiary alicyclic amines) is 1. The molecule has 0 bridgehead atoms. The summed E-state index contributed by atoms with van der Waals surface area (Å²) in [5, 5.41) is 2.91. The summed E-state index contributed by atoms with van der Waals surface area (Å²) in [6, 6.07) is 5.19. The van der Waals surface area contributed by atoms with Gasteiger partial charge >= 0.3 is 0 Å². The summed E-state index contributed by atoms with van der Waals surface area (Å²) in [7, 11) is -3.53. The molecule has 7 heteroatoms. The topological polar surface area (TPSA) is 78.5 Å². The van der Waals surface area contributed by atoms with Gasteiger partial charge < -0.3 is 10.2 Å². The maximum absolute atomic E-state index is 12.7. The number of nitrogens with zero attached hydrogens (tertiary/aromatic N) is 1. The van der Waals surface area contributed by atoms with Gasteiger partial charge in [-0.2, -0.15) is 0 Å². The first kappa shape index (κ1) is 20.3. The first-order chi connectivity index (χ1) is 13.0. The molecule has 1 heterocycles. The van der Waals surface area contributed by atoms with E-state index in [2.05, 4.69) is 14.9 Å². The molecule has 0 unspecified atom stereocenters. The van der Waals surface area contributed by atoms with Crippen molar-refractivity contribution >= 4 is 15.9 Å². The molecular weight excluding hydrogens is 362 g/mol. The average molecular weight is 394 g/mol. The van der Waals surface area contributed by atoms with Crippen molar-refractivity contribution in [2.24, 2.45) is 0 Å².